The summed E-state index contributed by atoms with van der Waals surface area (Å²) in [6.07, 6.45) is -4.32. The highest BCUT2D eigenvalue weighted by atomic mass is 31.1. The van der Waals surface area contributed by atoms with Crippen LogP contribution in [-0.2, 0) is 21.7 Å². The van der Waals surface area contributed by atoms with Crippen molar-refractivity contribution in [2.24, 2.45) is 5.73 Å². The number of benzene rings is 2. The van der Waals surface area contributed by atoms with E-state index in [0.717, 1.165) is 17.2 Å². The topological polar surface area (TPSA) is 81.8 Å². The van der Waals surface area contributed by atoms with Crippen LogP contribution >= 0.6 is 8.69 Å². The number of nitrogens with two attached hydrogens (primary N) is 1. The van der Waals surface area contributed by atoms with Gasteiger partial charge >= 0.3 is 14.9 Å². The summed E-state index contributed by atoms with van der Waals surface area (Å²) in [7, 11) is -0.585. The van der Waals surface area contributed by atoms with E-state index in [2.05, 4.69) is 16.4 Å². The van der Waals surface area contributed by atoms with Gasteiger partial charge in [-0.05, 0) is 55.2 Å². The largest absolute Gasteiger partial charge is 0.480 e. The van der Waals surface area contributed by atoms with Crippen LogP contribution in [-0.4, -0.2) is 30.5 Å². The van der Waals surface area contributed by atoms with Gasteiger partial charge in [-0.25, -0.2) is 4.57 Å². The third-order valence-corrected chi connectivity index (χ3v) is 4.77. The van der Waals surface area contributed by atoms with Crippen LogP contribution in [0.3, 0.4) is 0 Å². The maximum Gasteiger partial charge on any atom is 0.419 e. The number of halogens is 3. The predicted octanol–water partition coefficient (Wildman–Crippen LogP) is 4.29. The molecule has 1 atom stereocenters. The summed E-state index contributed by atoms with van der Waals surface area (Å²) >= 11 is 0. The van der Waals surface area contributed by atoms with Crippen molar-refractivity contribution >= 4 is 8.69 Å². The van der Waals surface area contributed by atoms with E-state index in [0.29, 0.717) is 5.56 Å². The summed E-state index contributed by atoms with van der Waals surface area (Å²) in [6, 6.07) is 11.2. The van der Waals surface area contributed by atoms with Gasteiger partial charge in [-0.2, -0.15) is 13.2 Å². The fourth-order valence-electron chi connectivity index (χ4n) is 2.80. The van der Waals surface area contributed by atoms with Crippen LogP contribution in [0.2, 0.25) is 0 Å². The van der Waals surface area contributed by atoms with Gasteiger partial charge in [0.05, 0.1) is 24.3 Å². The number of alkyl halides is 3. The molecule has 166 valence electrons. The second-order valence-electron chi connectivity index (χ2n) is 7.16. The minimum Gasteiger partial charge on any atom is -0.480 e. The van der Waals surface area contributed by atoms with Crippen LogP contribution in [0.5, 0.6) is 5.75 Å². The van der Waals surface area contributed by atoms with Crippen molar-refractivity contribution < 1.29 is 32.1 Å². The van der Waals surface area contributed by atoms with Crippen LogP contribution < -0.4 is 10.5 Å². The zero-order chi connectivity index (χ0) is 22.9. The number of rotatable bonds is 9. The molecule has 2 rings (SSSR count). The van der Waals surface area contributed by atoms with Gasteiger partial charge in [0.15, 0.2) is 0 Å². The summed E-state index contributed by atoms with van der Waals surface area (Å²) in [6.45, 7) is 1.07. The number of hydrogen-bond acceptors (Lipinski definition) is 5. The molecule has 0 bridgehead atoms. The van der Waals surface area contributed by atoms with Crippen molar-refractivity contribution in [1.29, 1.82) is 0 Å². The SMILES string of the molecule is Cc1cccc(C#CCOc2ccc(CCC(N)(CO)COP=O)cc2C(F)(F)F)c1. The van der Waals surface area contributed by atoms with E-state index in [1.54, 1.807) is 0 Å². The van der Waals surface area contributed by atoms with Crippen molar-refractivity contribution in [2.45, 2.75) is 31.5 Å². The average molecular weight is 453 g/mol. The van der Waals surface area contributed by atoms with Crippen LogP contribution in [0.4, 0.5) is 13.2 Å². The highest BCUT2D eigenvalue weighted by molar-refractivity contribution is 7.17. The first-order valence-electron chi connectivity index (χ1n) is 9.40. The first-order valence-corrected chi connectivity index (χ1v) is 10.1. The molecule has 0 aliphatic rings. The normalized spacial score (nSPS) is 13.4. The Labute approximate surface area is 180 Å². The summed E-state index contributed by atoms with van der Waals surface area (Å²) in [5.74, 6) is 5.26. The molecule has 3 N–H and O–H groups in total. The number of aryl methyl sites for hydroxylation is 2. The van der Waals surface area contributed by atoms with Gasteiger partial charge < -0.3 is 15.6 Å². The van der Waals surface area contributed by atoms with Crippen LogP contribution in [0.25, 0.3) is 0 Å². The molecule has 0 radical (unpaired) electrons. The van der Waals surface area contributed by atoms with Crippen LogP contribution in [0.1, 0.15) is 28.7 Å². The van der Waals surface area contributed by atoms with Gasteiger partial charge in [-0.15, -0.1) is 0 Å². The Kier molecular flexibility index (Phi) is 9.02. The Bertz CT molecular complexity index is 956. The molecule has 0 aromatic heterocycles. The van der Waals surface area contributed by atoms with E-state index >= 15 is 0 Å². The van der Waals surface area contributed by atoms with E-state index in [1.165, 1.54) is 12.1 Å². The van der Waals surface area contributed by atoms with Gasteiger partial charge in [0.1, 0.15) is 12.4 Å². The molecule has 0 spiro atoms. The lowest BCUT2D eigenvalue weighted by Gasteiger charge is -2.25. The summed E-state index contributed by atoms with van der Waals surface area (Å²) in [5, 5.41) is 9.41. The van der Waals surface area contributed by atoms with Gasteiger partial charge in [0.25, 0.3) is 0 Å². The minimum atomic E-state index is -4.61. The molecule has 0 fully saturated rings. The third-order valence-electron chi connectivity index (χ3n) is 4.53. The van der Waals surface area contributed by atoms with Gasteiger partial charge in [-0.1, -0.05) is 30.0 Å². The fraction of sp³-hybridized carbons (Fsp3) is 0.364. The second-order valence-corrected chi connectivity index (χ2v) is 7.56. The van der Waals surface area contributed by atoms with Gasteiger partial charge in [0, 0.05) is 5.56 Å². The van der Waals surface area contributed by atoms with Crippen LogP contribution in [0, 0.1) is 18.8 Å². The molecule has 5 nitrogen and oxygen atoms in total. The van der Waals surface area contributed by atoms with E-state index in [1.807, 2.05) is 31.2 Å². The standard InChI is InChI=1S/C22H23F3NO4P/c1-16-4-2-5-17(12-16)6-3-11-29-20-8-7-18(13-19(20)22(23,24)25)9-10-21(26,14-27)15-30-31-28/h2,4-5,7-8,12-13,27H,9-11,14-15,26H2,1H3. The van der Waals surface area contributed by atoms with Gasteiger partial charge in [0.2, 0.25) is 0 Å². The quantitative estimate of drug-likeness (QED) is 0.437. The van der Waals surface area contributed by atoms with Crippen molar-refractivity contribution in [3.63, 3.8) is 0 Å². The molecule has 31 heavy (non-hydrogen) atoms. The monoisotopic (exact) mass is 453 g/mol. The molecular formula is C22H23F3NO4P. The molecule has 0 aliphatic heterocycles. The fourth-order valence-corrected chi connectivity index (χ4v) is 3.11. The first-order chi connectivity index (χ1) is 14.7. The number of aliphatic hydroxyl groups is 1. The summed E-state index contributed by atoms with van der Waals surface area (Å²) in [4.78, 5) is 0. The van der Waals surface area contributed by atoms with E-state index in [9.17, 15) is 22.8 Å². The van der Waals surface area contributed by atoms with E-state index in [-0.39, 0.29) is 31.8 Å². The molecule has 2 aromatic rings. The Hall–Kier alpha value is -2.43. The van der Waals surface area contributed by atoms with E-state index < -0.39 is 32.6 Å². The smallest absolute Gasteiger partial charge is 0.419 e. The molecule has 0 saturated carbocycles. The molecule has 0 amide bonds. The Morgan fingerprint density at radius 3 is 2.61 bits per heavy atom. The lowest BCUT2D eigenvalue weighted by molar-refractivity contribution is -0.138. The molecule has 9 heteroatoms. The summed E-state index contributed by atoms with van der Waals surface area (Å²) < 4.78 is 60.9. The van der Waals surface area contributed by atoms with Gasteiger partial charge in [-0.3, -0.25) is 4.52 Å². The van der Waals surface area contributed by atoms with Crippen LogP contribution in [0.15, 0.2) is 42.5 Å². The first kappa shape index (κ1) is 24.8. The zero-order valence-electron chi connectivity index (χ0n) is 16.9. The summed E-state index contributed by atoms with van der Waals surface area (Å²) in [5.41, 5.74) is 5.97. The van der Waals surface area contributed by atoms with Crippen molar-refractivity contribution in [3.05, 3.63) is 64.7 Å². The van der Waals surface area contributed by atoms with E-state index in [4.69, 9.17) is 10.5 Å². The minimum absolute atomic E-state index is 0.137. The maximum absolute atomic E-state index is 13.5. The average Bonchev–Trinajstić information content (AvgIpc) is 2.73. The number of hydrogen-bond donors (Lipinski definition) is 2. The van der Waals surface area contributed by atoms with Crippen molar-refractivity contribution in [2.75, 3.05) is 19.8 Å². The lowest BCUT2D eigenvalue weighted by Crippen LogP contribution is -2.47. The van der Waals surface area contributed by atoms with Crippen molar-refractivity contribution in [1.82, 2.24) is 0 Å². The Morgan fingerprint density at radius 2 is 1.97 bits per heavy atom. The highest BCUT2D eigenvalue weighted by Gasteiger charge is 2.35. The number of aliphatic hydroxyl groups excluding tert-OH is 1. The lowest BCUT2D eigenvalue weighted by atomic mass is 9.93. The number of ether oxygens (including phenoxy) is 1. The molecule has 0 aliphatic carbocycles. The zero-order valence-corrected chi connectivity index (χ0v) is 17.8. The highest BCUT2D eigenvalue weighted by Crippen LogP contribution is 2.37. The molecule has 0 saturated heterocycles. The predicted molar refractivity (Wildman–Crippen MR) is 111 cm³/mol. The molecule has 2 aromatic carbocycles. The third kappa shape index (κ3) is 7.97. The Balaban J connectivity index is 2.10. The molecule has 1 unspecified atom stereocenters. The molecular weight excluding hydrogens is 430 g/mol. The Morgan fingerprint density at radius 1 is 1.19 bits per heavy atom. The second kappa shape index (κ2) is 11.3. The maximum atomic E-state index is 13.5. The van der Waals surface area contributed by atoms with Crippen molar-refractivity contribution in [3.8, 4) is 17.6 Å². The molecule has 0 heterocycles.